The predicted octanol–water partition coefficient (Wildman–Crippen LogP) is 3.45. The van der Waals surface area contributed by atoms with E-state index in [0.717, 1.165) is 41.3 Å². The Kier molecular flexibility index (Phi) is 7.46. The number of ether oxygens (including phenoxy) is 3. The van der Waals surface area contributed by atoms with E-state index in [0.29, 0.717) is 38.6 Å². The maximum Gasteiger partial charge on any atom is 0.321 e. The van der Waals surface area contributed by atoms with Crippen molar-refractivity contribution in [2.75, 3.05) is 45.4 Å². The molecule has 192 valence electrons. The average Bonchev–Trinajstić information content (AvgIpc) is 3.61. The molecule has 2 aliphatic heterocycles. The number of benzene rings is 2. The van der Waals surface area contributed by atoms with Gasteiger partial charge in [-0.2, -0.15) is 0 Å². The van der Waals surface area contributed by atoms with Crippen LogP contribution >= 0.6 is 0 Å². The highest BCUT2D eigenvalue weighted by Crippen LogP contribution is 2.33. The summed E-state index contributed by atoms with van der Waals surface area (Å²) in [6, 6.07) is 12.8. The number of hydrogen-bond donors (Lipinski definition) is 2. The molecule has 1 atom stereocenters. The van der Waals surface area contributed by atoms with Gasteiger partial charge in [-0.15, -0.1) is 0 Å². The lowest BCUT2D eigenvalue weighted by Gasteiger charge is -2.40. The zero-order valence-electron chi connectivity index (χ0n) is 20.7. The molecular formula is C27H34N4O5. The molecule has 0 radical (unpaired) electrons. The minimum Gasteiger partial charge on any atom is -0.497 e. The quantitative estimate of drug-likeness (QED) is 0.613. The molecule has 1 saturated carbocycles. The van der Waals surface area contributed by atoms with E-state index in [1.54, 1.807) is 7.11 Å². The lowest BCUT2D eigenvalue weighted by Crippen LogP contribution is -2.58. The van der Waals surface area contributed by atoms with Crippen LogP contribution in [0.2, 0.25) is 0 Å². The Morgan fingerprint density at radius 3 is 2.44 bits per heavy atom. The molecule has 9 nitrogen and oxygen atoms in total. The molecule has 5 rings (SSSR count). The topological polar surface area (TPSA) is 92.4 Å². The van der Waals surface area contributed by atoms with Crippen LogP contribution < -0.4 is 24.8 Å². The molecule has 0 bridgehead atoms. The highest BCUT2D eigenvalue weighted by molar-refractivity contribution is 5.89. The number of carbonyl (C=O) groups excluding carboxylic acids is 2. The maximum absolute atomic E-state index is 13.4. The van der Waals surface area contributed by atoms with Gasteiger partial charge in [-0.25, -0.2) is 4.79 Å². The number of nitrogens with one attached hydrogen (secondary N) is 2. The SMILES string of the molecule is COc1ccc(NC(=O)N2CCN(C(C(=O)NCc3ccc4c(c3)OCO4)C3CCCC3)CC2)cc1. The Bertz CT molecular complexity index is 1060. The fraction of sp³-hybridized carbons (Fsp3) is 0.481. The lowest BCUT2D eigenvalue weighted by atomic mass is 9.95. The van der Waals surface area contributed by atoms with Crippen molar-refractivity contribution < 1.29 is 23.8 Å². The van der Waals surface area contributed by atoms with Gasteiger partial charge in [0.15, 0.2) is 11.5 Å². The van der Waals surface area contributed by atoms with Crippen LogP contribution in [0.5, 0.6) is 17.2 Å². The van der Waals surface area contributed by atoms with Gasteiger partial charge < -0.3 is 29.7 Å². The van der Waals surface area contributed by atoms with Crippen molar-refractivity contribution in [3.63, 3.8) is 0 Å². The zero-order valence-corrected chi connectivity index (χ0v) is 20.7. The van der Waals surface area contributed by atoms with Crippen LogP contribution in [-0.2, 0) is 11.3 Å². The number of carbonyl (C=O) groups is 2. The Morgan fingerprint density at radius 2 is 1.72 bits per heavy atom. The molecule has 1 unspecified atom stereocenters. The second-order valence-electron chi connectivity index (χ2n) is 9.58. The van der Waals surface area contributed by atoms with Crippen LogP contribution in [0.25, 0.3) is 0 Å². The van der Waals surface area contributed by atoms with Gasteiger partial charge in [-0.3, -0.25) is 9.69 Å². The third kappa shape index (κ3) is 5.51. The van der Waals surface area contributed by atoms with E-state index in [-0.39, 0.29) is 24.8 Å². The van der Waals surface area contributed by atoms with Crippen LogP contribution in [0.3, 0.4) is 0 Å². The molecule has 0 aromatic heterocycles. The number of piperazine rings is 1. The van der Waals surface area contributed by atoms with Crippen LogP contribution in [-0.4, -0.2) is 67.9 Å². The average molecular weight is 495 g/mol. The minimum atomic E-state index is -0.173. The molecule has 2 heterocycles. The summed E-state index contributed by atoms with van der Waals surface area (Å²) in [5.41, 5.74) is 1.72. The minimum absolute atomic E-state index is 0.0655. The number of amides is 3. The number of hydrogen-bond acceptors (Lipinski definition) is 6. The fourth-order valence-corrected chi connectivity index (χ4v) is 5.38. The van der Waals surface area contributed by atoms with E-state index in [9.17, 15) is 9.59 Å². The second-order valence-corrected chi connectivity index (χ2v) is 9.58. The van der Waals surface area contributed by atoms with Crippen molar-refractivity contribution in [1.29, 1.82) is 0 Å². The molecule has 2 aromatic rings. The number of anilines is 1. The Balaban J connectivity index is 1.17. The summed E-state index contributed by atoms with van der Waals surface area (Å²) in [7, 11) is 1.61. The van der Waals surface area contributed by atoms with Gasteiger partial charge in [0.2, 0.25) is 12.7 Å². The van der Waals surface area contributed by atoms with Crippen LogP contribution in [0.1, 0.15) is 31.2 Å². The number of rotatable bonds is 7. The third-order valence-corrected chi connectivity index (χ3v) is 7.35. The highest BCUT2D eigenvalue weighted by Gasteiger charge is 2.37. The standard InChI is InChI=1S/C27H34N4O5/c1-34-22-9-7-21(8-10-22)29-27(33)31-14-12-30(13-15-31)25(20-4-2-3-5-20)26(32)28-17-19-6-11-23-24(16-19)36-18-35-23/h6-11,16,20,25H,2-5,12-15,17-18H2,1H3,(H,28,32)(H,29,33). The molecule has 3 aliphatic rings. The summed E-state index contributed by atoms with van der Waals surface area (Å²) in [6.07, 6.45) is 4.47. The predicted molar refractivity (Wildman–Crippen MR) is 135 cm³/mol. The first-order valence-corrected chi connectivity index (χ1v) is 12.7. The van der Waals surface area contributed by atoms with Crippen LogP contribution in [0.15, 0.2) is 42.5 Å². The van der Waals surface area contributed by atoms with E-state index in [1.807, 2.05) is 47.4 Å². The first kappa shape index (κ1) is 24.2. The number of urea groups is 1. The highest BCUT2D eigenvalue weighted by atomic mass is 16.7. The first-order chi connectivity index (χ1) is 17.6. The van der Waals surface area contributed by atoms with Crippen molar-refractivity contribution in [3.8, 4) is 17.2 Å². The van der Waals surface area contributed by atoms with Gasteiger partial charge in [0, 0.05) is 38.4 Å². The second kappa shape index (κ2) is 11.1. The molecule has 0 spiro atoms. The van der Waals surface area contributed by atoms with Crippen molar-refractivity contribution in [1.82, 2.24) is 15.1 Å². The third-order valence-electron chi connectivity index (χ3n) is 7.35. The van der Waals surface area contributed by atoms with Crippen molar-refractivity contribution in [3.05, 3.63) is 48.0 Å². The summed E-state index contributed by atoms with van der Waals surface area (Å²) in [6.45, 7) is 3.20. The van der Waals surface area contributed by atoms with Crippen molar-refractivity contribution in [2.45, 2.75) is 38.3 Å². The molecule has 9 heteroatoms. The van der Waals surface area contributed by atoms with E-state index in [2.05, 4.69) is 15.5 Å². The zero-order chi connectivity index (χ0) is 24.9. The normalized spacial score (nSPS) is 18.6. The van der Waals surface area contributed by atoms with Gasteiger partial charge in [0.05, 0.1) is 13.2 Å². The summed E-state index contributed by atoms with van der Waals surface area (Å²) in [5, 5.41) is 6.12. The maximum atomic E-state index is 13.4. The van der Waals surface area contributed by atoms with Gasteiger partial charge in [0.25, 0.3) is 0 Å². The van der Waals surface area contributed by atoms with E-state index >= 15 is 0 Å². The largest absolute Gasteiger partial charge is 0.497 e. The van der Waals surface area contributed by atoms with Crippen LogP contribution in [0, 0.1) is 5.92 Å². The summed E-state index contributed by atoms with van der Waals surface area (Å²) in [4.78, 5) is 30.3. The lowest BCUT2D eigenvalue weighted by molar-refractivity contribution is -0.129. The number of fused-ring (bicyclic) bond motifs is 1. The van der Waals surface area contributed by atoms with E-state index in [4.69, 9.17) is 14.2 Å². The van der Waals surface area contributed by atoms with Crippen molar-refractivity contribution >= 4 is 17.6 Å². The summed E-state index contributed by atoms with van der Waals surface area (Å²) >= 11 is 0. The number of methoxy groups -OCH3 is 1. The van der Waals surface area contributed by atoms with Gasteiger partial charge in [0.1, 0.15) is 5.75 Å². The molecule has 2 aromatic carbocycles. The van der Waals surface area contributed by atoms with Gasteiger partial charge in [-0.1, -0.05) is 18.9 Å². The number of nitrogens with zero attached hydrogens (tertiary/aromatic N) is 2. The van der Waals surface area contributed by atoms with E-state index in [1.165, 1.54) is 12.8 Å². The Hall–Kier alpha value is -3.46. The molecule has 2 fully saturated rings. The fourth-order valence-electron chi connectivity index (χ4n) is 5.38. The molecule has 3 amide bonds. The molecular weight excluding hydrogens is 460 g/mol. The van der Waals surface area contributed by atoms with Gasteiger partial charge >= 0.3 is 6.03 Å². The Morgan fingerprint density at radius 1 is 1.00 bits per heavy atom. The molecule has 1 aliphatic carbocycles. The molecule has 1 saturated heterocycles. The summed E-state index contributed by atoms with van der Waals surface area (Å²) in [5.74, 6) is 2.62. The Labute approximate surface area is 211 Å². The summed E-state index contributed by atoms with van der Waals surface area (Å²) < 4.78 is 16.0. The monoisotopic (exact) mass is 494 g/mol. The van der Waals surface area contributed by atoms with Crippen LogP contribution in [0.4, 0.5) is 10.5 Å². The molecule has 2 N–H and O–H groups in total. The van der Waals surface area contributed by atoms with Crippen molar-refractivity contribution in [2.24, 2.45) is 5.92 Å². The van der Waals surface area contributed by atoms with E-state index < -0.39 is 0 Å². The smallest absolute Gasteiger partial charge is 0.321 e. The first-order valence-electron chi connectivity index (χ1n) is 12.7. The van der Waals surface area contributed by atoms with Gasteiger partial charge in [-0.05, 0) is 60.7 Å². The molecule has 36 heavy (non-hydrogen) atoms.